The Balaban J connectivity index is 1.85. The monoisotopic (exact) mass is 353 g/mol. The molecule has 0 spiro atoms. The molecule has 0 aliphatic carbocycles. The van der Waals surface area contributed by atoms with Crippen LogP contribution in [0.15, 0.2) is 28.9 Å². The van der Waals surface area contributed by atoms with Crippen molar-refractivity contribution in [2.45, 2.75) is 13.5 Å². The molecular formula is C13H9Cl2N5O3. The molecule has 0 fully saturated rings. The maximum Gasteiger partial charge on any atom is 0.309 e. The summed E-state index contributed by atoms with van der Waals surface area (Å²) in [5, 5.41) is 19.6. The third-order valence-corrected chi connectivity index (χ3v) is 3.60. The molecule has 1 aromatic carbocycles. The lowest BCUT2D eigenvalue weighted by atomic mass is 10.2. The Morgan fingerprint density at radius 2 is 2.17 bits per heavy atom. The largest absolute Gasteiger partial charge is 0.337 e. The lowest BCUT2D eigenvalue weighted by Crippen LogP contribution is -2.00. The number of hydrogen-bond acceptors (Lipinski definition) is 6. The van der Waals surface area contributed by atoms with E-state index in [4.69, 9.17) is 27.7 Å². The highest BCUT2D eigenvalue weighted by molar-refractivity contribution is 6.36. The summed E-state index contributed by atoms with van der Waals surface area (Å²) in [6.07, 6.45) is 1.31. The average Bonchev–Trinajstić information content (AvgIpc) is 3.06. The van der Waals surface area contributed by atoms with Gasteiger partial charge in [0.15, 0.2) is 0 Å². The van der Waals surface area contributed by atoms with E-state index in [1.165, 1.54) is 10.9 Å². The summed E-state index contributed by atoms with van der Waals surface area (Å²) in [5.41, 5.74) is 0.828. The maximum absolute atomic E-state index is 10.8. The van der Waals surface area contributed by atoms with Crippen molar-refractivity contribution in [3.05, 3.63) is 56.1 Å². The predicted octanol–water partition coefficient (Wildman–Crippen LogP) is 3.50. The van der Waals surface area contributed by atoms with Crippen LogP contribution in [0.2, 0.25) is 10.0 Å². The lowest BCUT2D eigenvalue weighted by molar-refractivity contribution is -0.385. The molecule has 3 rings (SSSR count). The molecule has 0 aliphatic heterocycles. The number of halogens is 2. The van der Waals surface area contributed by atoms with E-state index < -0.39 is 4.92 Å². The first kappa shape index (κ1) is 15.4. The molecule has 0 N–H and O–H groups in total. The Morgan fingerprint density at radius 1 is 1.39 bits per heavy atom. The number of aryl methyl sites for hydroxylation is 1. The second-order valence-electron chi connectivity index (χ2n) is 4.69. The molecule has 8 nitrogen and oxygen atoms in total. The molecule has 0 saturated carbocycles. The summed E-state index contributed by atoms with van der Waals surface area (Å²) in [5.74, 6) is 0.559. The topological polar surface area (TPSA) is 99.9 Å². The molecular weight excluding hydrogens is 345 g/mol. The average molecular weight is 354 g/mol. The highest BCUT2D eigenvalue weighted by Crippen LogP contribution is 2.28. The van der Waals surface area contributed by atoms with E-state index in [1.807, 2.05) is 0 Å². The van der Waals surface area contributed by atoms with Gasteiger partial charge in [0.25, 0.3) is 0 Å². The zero-order chi connectivity index (χ0) is 16.6. The van der Waals surface area contributed by atoms with Gasteiger partial charge in [-0.3, -0.25) is 14.8 Å². The van der Waals surface area contributed by atoms with E-state index >= 15 is 0 Å². The fraction of sp³-hybridized carbons (Fsp3) is 0.154. The SMILES string of the molecule is Cc1nn(Cc2nc(-c3ccc(Cl)cc3Cl)no2)cc1[N+](=O)[O-]. The van der Waals surface area contributed by atoms with Gasteiger partial charge in [0.2, 0.25) is 11.7 Å². The van der Waals surface area contributed by atoms with Gasteiger partial charge >= 0.3 is 5.69 Å². The number of benzene rings is 1. The number of nitro groups is 1. The van der Waals surface area contributed by atoms with E-state index in [0.29, 0.717) is 27.1 Å². The van der Waals surface area contributed by atoms with Crippen LogP contribution in [0.5, 0.6) is 0 Å². The van der Waals surface area contributed by atoms with Crippen molar-refractivity contribution in [1.29, 1.82) is 0 Å². The van der Waals surface area contributed by atoms with Crippen molar-refractivity contribution in [2.75, 3.05) is 0 Å². The van der Waals surface area contributed by atoms with E-state index in [0.717, 1.165) is 0 Å². The molecule has 23 heavy (non-hydrogen) atoms. The Hall–Kier alpha value is -2.45. The van der Waals surface area contributed by atoms with Gasteiger partial charge in [-0.2, -0.15) is 10.1 Å². The number of rotatable bonds is 4. The van der Waals surface area contributed by atoms with Crippen LogP contribution >= 0.6 is 23.2 Å². The van der Waals surface area contributed by atoms with Crippen LogP contribution in [-0.4, -0.2) is 24.8 Å². The minimum absolute atomic E-state index is 0.0644. The van der Waals surface area contributed by atoms with E-state index in [-0.39, 0.29) is 18.1 Å². The smallest absolute Gasteiger partial charge is 0.309 e. The normalized spacial score (nSPS) is 10.9. The molecule has 0 bridgehead atoms. The molecule has 118 valence electrons. The fourth-order valence-corrected chi connectivity index (χ4v) is 2.50. The quantitative estimate of drug-likeness (QED) is 0.525. The summed E-state index contributed by atoms with van der Waals surface area (Å²) in [6.45, 7) is 1.67. The first-order valence-electron chi connectivity index (χ1n) is 6.40. The Morgan fingerprint density at radius 3 is 2.83 bits per heavy atom. The molecule has 0 radical (unpaired) electrons. The van der Waals surface area contributed by atoms with E-state index in [2.05, 4.69) is 15.2 Å². The minimum Gasteiger partial charge on any atom is -0.337 e. The second kappa shape index (κ2) is 5.98. The van der Waals surface area contributed by atoms with Gasteiger partial charge < -0.3 is 4.52 Å². The molecule has 0 saturated heterocycles. The summed E-state index contributed by atoms with van der Waals surface area (Å²) < 4.78 is 6.50. The summed E-state index contributed by atoms with van der Waals surface area (Å²) in [4.78, 5) is 14.5. The fourth-order valence-electron chi connectivity index (χ4n) is 2.01. The van der Waals surface area contributed by atoms with E-state index in [9.17, 15) is 10.1 Å². The van der Waals surface area contributed by atoms with Gasteiger partial charge in [0.05, 0.1) is 9.95 Å². The third-order valence-electron chi connectivity index (χ3n) is 3.05. The van der Waals surface area contributed by atoms with Crippen molar-refractivity contribution >= 4 is 28.9 Å². The highest BCUT2D eigenvalue weighted by Gasteiger charge is 2.18. The Kier molecular flexibility index (Phi) is 4.01. The lowest BCUT2D eigenvalue weighted by Gasteiger charge is -1.98. The van der Waals surface area contributed by atoms with E-state index in [1.54, 1.807) is 25.1 Å². The maximum atomic E-state index is 10.8. The number of nitrogens with zero attached hydrogens (tertiary/aromatic N) is 5. The molecule has 2 heterocycles. The van der Waals surface area contributed by atoms with Crippen LogP contribution in [0, 0.1) is 17.0 Å². The molecule has 2 aromatic heterocycles. The zero-order valence-corrected chi connectivity index (χ0v) is 13.2. The molecule has 0 aliphatic rings. The van der Waals surface area contributed by atoms with Crippen LogP contribution in [-0.2, 0) is 6.54 Å². The minimum atomic E-state index is -0.494. The van der Waals surface area contributed by atoms with Crippen LogP contribution < -0.4 is 0 Å². The second-order valence-corrected chi connectivity index (χ2v) is 5.53. The van der Waals surface area contributed by atoms with Crippen molar-refractivity contribution in [3.63, 3.8) is 0 Å². The molecule has 3 aromatic rings. The first-order valence-corrected chi connectivity index (χ1v) is 7.16. The molecule has 0 atom stereocenters. The predicted molar refractivity (Wildman–Crippen MR) is 82.5 cm³/mol. The molecule has 0 unspecified atom stereocenters. The van der Waals surface area contributed by atoms with Crippen molar-refractivity contribution in [3.8, 4) is 11.4 Å². The van der Waals surface area contributed by atoms with Gasteiger partial charge in [-0.05, 0) is 25.1 Å². The molecule has 0 amide bonds. The Labute approximate surface area is 139 Å². The van der Waals surface area contributed by atoms with Crippen LogP contribution in [0.4, 0.5) is 5.69 Å². The molecule has 10 heteroatoms. The van der Waals surface area contributed by atoms with Crippen LogP contribution in [0.1, 0.15) is 11.6 Å². The third kappa shape index (κ3) is 3.17. The highest BCUT2D eigenvalue weighted by atomic mass is 35.5. The zero-order valence-electron chi connectivity index (χ0n) is 11.7. The summed E-state index contributed by atoms with van der Waals surface area (Å²) in [7, 11) is 0. The van der Waals surface area contributed by atoms with Crippen molar-refractivity contribution in [2.24, 2.45) is 0 Å². The van der Waals surface area contributed by atoms with Gasteiger partial charge in [-0.1, -0.05) is 28.4 Å². The van der Waals surface area contributed by atoms with Gasteiger partial charge in [-0.15, -0.1) is 0 Å². The number of hydrogen-bond donors (Lipinski definition) is 0. The summed E-state index contributed by atoms with van der Waals surface area (Å²) >= 11 is 11.9. The van der Waals surface area contributed by atoms with Crippen molar-refractivity contribution in [1.82, 2.24) is 19.9 Å². The first-order chi connectivity index (χ1) is 10.9. The van der Waals surface area contributed by atoms with Gasteiger partial charge in [0, 0.05) is 10.6 Å². The van der Waals surface area contributed by atoms with Crippen LogP contribution in [0.3, 0.4) is 0 Å². The summed E-state index contributed by atoms with van der Waals surface area (Å²) in [6, 6.07) is 4.93. The Bertz CT molecular complexity index is 890. The number of aromatic nitrogens is 4. The van der Waals surface area contributed by atoms with Crippen molar-refractivity contribution < 1.29 is 9.45 Å². The van der Waals surface area contributed by atoms with Gasteiger partial charge in [-0.25, -0.2) is 0 Å². The van der Waals surface area contributed by atoms with Crippen LogP contribution in [0.25, 0.3) is 11.4 Å². The van der Waals surface area contributed by atoms with Gasteiger partial charge in [0.1, 0.15) is 18.4 Å². The standard InChI is InChI=1S/C13H9Cl2N5O3/c1-7-11(20(21)22)5-19(17-7)6-12-16-13(18-23-12)9-3-2-8(14)4-10(9)15/h2-5H,6H2,1H3.